The van der Waals surface area contributed by atoms with Gasteiger partial charge in [-0.3, -0.25) is 9.59 Å². The summed E-state index contributed by atoms with van der Waals surface area (Å²) in [5.74, 6) is -0.865. The number of aromatic nitrogens is 5. The average Bonchev–Trinajstić information content (AvgIpc) is 3.58. The zero-order valence-corrected chi connectivity index (χ0v) is 17.3. The number of fused-ring (bicyclic) bond motifs is 3. The van der Waals surface area contributed by atoms with Gasteiger partial charge in [0.05, 0.1) is 26.2 Å². The summed E-state index contributed by atoms with van der Waals surface area (Å²) in [4.78, 5) is 36.2. The first-order chi connectivity index (χ1) is 17.3. The molecule has 11 nitrogen and oxygen atoms in total. The summed E-state index contributed by atoms with van der Waals surface area (Å²) in [7, 11) is 3.14. The normalized spacial score (nSPS) is 18.7. The van der Waals surface area contributed by atoms with E-state index in [1.165, 1.54) is 22.0 Å². The van der Waals surface area contributed by atoms with Gasteiger partial charge in [-0.1, -0.05) is 0 Å². The van der Waals surface area contributed by atoms with Gasteiger partial charge in [0.15, 0.2) is 5.82 Å². The van der Waals surface area contributed by atoms with Gasteiger partial charge >= 0.3 is 0 Å². The van der Waals surface area contributed by atoms with Crippen molar-refractivity contribution in [3.63, 3.8) is 0 Å². The highest BCUT2D eigenvalue weighted by atomic mass is 16.2. The molecule has 11 heteroatoms. The van der Waals surface area contributed by atoms with Crippen LogP contribution >= 0.6 is 0 Å². The van der Waals surface area contributed by atoms with E-state index in [0.29, 0.717) is 16.9 Å². The van der Waals surface area contributed by atoms with Crippen molar-refractivity contribution in [2.45, 2.75) is 19.3 Å². The molecule has 4 heterocycles. The molecule has 3 N–H and O–H groups in total. The number of nitrogens with one attached hydrogen (secondary N) is 3. The van der Waals surface area contributed by atoms with E-state index in [0.717, 1.165) is 19.0 Å². The van der Waals surface area contributed by atoms with Crippen molar-refractivity contribution >= 4 is 34.8 Å². The Morgan fingerprint density at radius 1 is 1.25 bits per heavy atom. The van der Waals surface area contributed by atoms with Crippen molar-refractivity contribution in [2.75, 3.05) is 29.6 Å². The Bertz CT molecular complexity index is 1420. The summed E-state index contributed by atoms with van der Waals surface area (Å²) in [5.41, 5.74) is 1.41. The molecule has 5 rings (SSSR count). The van der Waals surface area contributed by atoms with Gasteiger partial charge in [0.1, 0.15) is 17.2 Å². The number of carbonyl (C=O) groups is 2. The molecule has 3 aromatic heterocycles. The summed E-state index contributed by atoms with van der Waals surface area (Å²) in [6.45, 7) is -4.77. The molecule has 0 atom stereocenters. The van der Waals surface area contributed by atoms with Crippen molar-refractivity contribution in [3.05, 3.63) is 35.8 Å². The van der Waals surface area contributed by atoms with Gasteiger partial charge in [-0.25, -0.2) is 9.97 Å². The number of amides is 2. The van der Waals surface area contributed by atoms with E-state index in [9.17, 15) is 9.59 Å². The van der Waals surface area contributed by atoms with Crippen LogP contribution in [0.25, 0.3) is 11.3 Å². The smallest absolute Gasteiger partial charge is 0.254 e. The maximum absolute atomic E-state index is 12.8. The summed E-state index contributed by atoms with van der Waals surface area (Å²) in [6.07, 6.45) is 4.22. The van der Waals surface area contributed by atoms with Gasteiger partial charge in [0.2, 0.25) is 5.91 Å². The Morgan fingerprint density at radius 2 is 2.09 bits per heavy atom. The van der Waals surface area contributed by atoms with E-state index in [-0.39, 0.29) is 40.4 Å². The zero-order chi connectivity index (χ0) is 26.7. The van der Waals surface area contributed by atoms with Crippen LogP contribution < -0.4 is 20.9 Å². The molecule has 0 aromatic carbocycles. The minimum atomic E-state index is -2.74. The second-order valence-corrected chi connectivity index (χ2v) is 7.57. The van der Waals surface area contributed by atoms with Gasteiger partial charge in [-0.05, 0) is 18.9 Å². The predicted molar refractivity (Wildman–Crippen MR) is 119 cm³/mol. The minimum absolute atomic E-state index is 0.0865. The maximum atomic E-state index is 12.8. The number of aryl methyl sites for hydroxylation is 1. The van der Waals surface area contributed by atoms with Gasteiger partial charge in [0.25, 0.3) is 5.91 Å². The van der Waals surface area contributed by atoms with Crippen LogP contribution in [-0.2, 0) is 18.3 Å². The molecule has 0 bridgehead atoms. The first-order valence-corrected chi connectivity index (χ1v) is 9.90. The lowest BCUT2D eigenvalue weighted by molar-refractivity contribution is -0.117. The second kappa shape index (κ2) is 7.59. The highest BCUT2D eigenvalue weighted by Crippen LogP contribution is 2.41. The second-order valence-electron chi connectivity index (χ2n) is 7.57. The first-order valence-electron chi connectivity index (χ1n) is 12.4. The third-order valence-corrected chi connectivity index (χ3v) is 5.22. The fraction of sp³-hybridized carbons (Fsp3) is 0.333. The zero-order valence-electron chi connectivity index (χ0n) is 22.3. The maximum Gasteiger partial charge on any atom is 0.254 e. The van der Waals surface area contributed by atoms with E-state index in [1.807, 2.05) is 5.32 Å². The van der Waals surface area contributed by atoms with Crippen LogP contribution in [-0.4, -0.2) is 50.8 Å². The van der Waals surface area contributed by atoms with Gasteiger partial charge < -0.3 is 20.9 Å². The van der Waals surface area contributed by atoms with Crippen LogP contribution in [0.1, 0.15) is 35.7 Å². The number of nitrogens with zero attached hydrogens (tertiary/aromatic N) is 6. The number of hydrogen-bond acceptors (Lipinski definition) is 8. The van der Waals surface area contributed by atoms with Gasteiger partial charge in [-0.2, -0.15) is 15.0 Å². The fourth-order valence-electron chi connectivity index (χ4n) is 3.53. The van der Waals surface area contributed by atoms with Crippen molar-refractivity contribution in [1.82, 2.24) is 30.3 Å². The Hall–Kier alpha value is -4.02. The largest absolute Gasteiger partial charge is 0.365 e. The van der Waals surface area contributed by atoms with Crippen LogP contribution in [0.2, 0.25) is 0 Å². The lowest BCUT2D eigenvalue weighted by atomic mass is 10.0. The molecule has 1 aliphatic heterocycles. The number of pyridine rings is 2. The molecule has 1 aliphatic carbocycles. The molecular weight excluding hydrogens is 410 g/mol. The molecule has 1 saturated carbocycles. The number of anilines is 4. The number of rotatable bonds is 5. The molecule has 0 spiro atoms. The summed E-state index contributed by atoms with van der Waals surface area (Å²) < 4.78 is 39.4. The van der Waals surface area contributed by atoms with Gasteiger partial charge in [0, 0.05) is 55.1 Å². The monoisotopic (exact) mass is 438 g/mol. The molecule has 3 aromatic rings. The minimum Gasteiger partial charge on any atom is -0.365 e. The van der Waals surface area contributed by atoms with Crippen molar-refractivity contribution < 1.29 is 16.4 Å². The van der Waals surface area contributed by atoms with E-state index in [1.54, 1.807) is 20.2 Å². The van der Waals surface area contributed by atoms with Crippen LogP contribution in [0.5, 0.6) is 0 Å². The van der Waals surface area contributed by atoms with Crippen molar-refractivity contribution in [1.29, 1.82) is 0 Å². The molecule has 0 unspecified atom stereocenters. The molecule has 32 heavy (non-hydrogen) atoms. The lowest BCUT2D eigenvalue weighted by Gasteiger charge is -2.28. The Balaban J connectivity index is 1.59. The molecule has 0 radical (unpaired) electrons. The summed E-state index contributed by atoms with van der Waals surface area (Å²) in [5, 5.41) is 16.2. The molecular formula is C21H23N9O2. The fourth-order valence-corrected chi connectivity index (χ4v) is 3.53. The standard InChI is InChI=1S/C21H23N9O2/c1-22-21(32)13-9-24-16(26-20(31)11-4-5-11)8-14(13)25-19-18-12(6-7-23-19)17-15(10-29(18)2)27-30(3)28-17/h6-9,11H,4-5,10H2,1-3H3,(H,22,32)(H2,23,24,25,26,31)/i1D3,10D2. The van der Waals surface area contributed by atoms with Crippen LogP contribution in [0.4, 0.5) is 23.0 Å². The van der Waals surface area contributed by atoms with Crippen molar-refractivity contribution in [3.8, 4) is 11.3 Å². The molecule has 1 fully saturated rings. The summed E-state index contributed by atoms with van der Waals surface area (Å²) in [6, 6.07) is 3.08. The highest BCUT2D eigenvalue weighted by molar-refractivity contribution is 6.02. The topological polar surface area (TPSA) is 130 Å². The molecule has 0 saturated heterocycles. The van der Waals surface area contributed by atoms with E-state index in [2.05, 4.69) is 30.8 Å². The molecule has 2 amide bonds. The Kier molecular flexibility index (Phi) is 3.53. The highest BCUT2D eigenvalue weighted by Gasteiger charge is 2.30. The van der Waals surface area contributed by atoms with Gasteiger partial charge in [-0.15, -0.1) is 0 Å². The van der Waals surface area contributed by atoms with Crippen LogP contribution in [0.15, 0.2) is 24.5 Å². The number of hydrogen-bond donors (Lipinski definition) is 3. The van der Waals surface area contributed by atoms with Crippen molar-refractivity contribution in [2.24, 2.45) is 13.0 Å². The third-order valence-electron chi connectivity index (χ3n) is 5.22. The number of carbonyl (C=O) groups excluding carboxylic acids is 2. The van der Waals surface area contributed by atoms with Crippen LogP contribution in [0.3, 0.4) is 0 Å². The Labute approximate surface area is 191 Å². The third kappa shape index (κ3) is 3.51. The lowest BCUT2D eigenvalue weighted by Crippen LogP contribution is -2.24. The average molecular weight is 439 g/mol. The van der Waals surface area contributed by atoms with Crippen LogP contribution in [0, 0.1) is 5.92 Å². The molecule has 164 valence electrons. The Morgan fingerprint density at radius 3 is 2.88 bits per heavy atom. The summed E-state index contributed by atoms with van der Waals surface area (Å²) >= 11 is 0. The molecule has 2 aliphatic rings. The first kappa shape index (κ1) is 14.9. The van der Waals surface area contributed by atoms with E-state index >= 15 is 0 Å². The van der Waals surface area contributed by atoms with E-state index < -0.39 is 19.4 Å². The predicted octanol–water partition coefficient (Wildman–Crippen LogP) is 1.67. The SMILES string of the molecule is [2H]C([2H])([2H])NC(=O)c1cnc(NC(=O)C2CC2)cc1Nc1nccc2c1N(C)C([2H])([2H])c1nn(C)nc1-2. The quantitative estimate of drug-likeness (QED) is 0.549. The van der Waals surface area contributed by atoms with E-state index in [4.69, 9.17) is 6.85 Å².